The van der Waals surface area contributed by atoms with Gasteiger partial charge < -0.3 is 11.1 Å². The molecule has 0 amide bonds. The molecule has 13 heavy (non-hydrogen) atoms. The van der Waals surface area contributed by atoms with Crippen molar-refractivity contribution in [2.45, 2.75) is 24.4 Å². The van der Waals surface area contributed by atoms with Gasteiger partial charge in [0.1, 0.15) is 0 Å². The van der Waals surface area contributed by atoms with Gasteiger partial charge >= 0.3 is 0 Å². The van der Waals surface area contributed by atoms with Crippen molar-refractivity contribution in [3.05, 3.63) is 23.8 Å². The largest absolute Gasteiger partial charge is 0.381 e. The highest BCUT2D eigenvalue weighted by Crippen LogP contribution is 2.35. The average Bonchev–Trinajstić information content (AvgIpc) is 2.17. The summed E-state index contributed by atoms with van der Waals surface area (Å²) >= 11 is 1.91. The second-order valence-electron chi connectivity index (χ2n) is 3.35. The molecule has 2 rings (SSSR count). The number of nitrogens with two attached hydrogens (primary N) is 1. The van der Waals surface area contributed by atoms with E-state index >= 15 is 0 Å². The SMILES string of the molecule is CC1CSc2cccc(CN)c2N1. The van der Waals surface area contributed by atoms with Crippen LogP contribution in [0.3, 0.4) is 0 Å². The fourth-order valence-corrected chi connectivity index (χ4v) is 2.56. The van der Waals surface area contributed by atoms with E-state index in [1.165, 1.54) is 16.1 Å². The highest BCUT2D eigenvalue weighted by molar-refractivity contribution is 7.99. The van der Waals surface area contributed by atoms with E-state index in [4.69, 9.17) is 5.73 Å². The molecule has 1 atom stereocenters. The molecular formula is C10H14N2S. The molecule has 1 aliphatic heterocycles. The Balaban J connectivity index is 2.41. The number of anilines is 1. The Labute approximate surface area is 82.9 Å². The number of benzene rings is 1. The van der Waals surface area contributed by atoms with Gasteiger partial charge in [0.05, 0.1) is 5.69 Å². The van der Waals surface area contributed by atoms with Crippen molar-refractivity contribution >= 4 is 17.4 Å². The van der Waals surface area contributed by atoms with Crippen LogP contribution >= 0.6 is 11.8 Å². The minimum atomic E-state index is 0.546. The number of thioether (sulfide) groups is 1. The van der Waals surface area contributed by atoms with Gasteiger partial charge in [-0.2, -0.15) is 0 Å². The molecule has 3 N–H and O–H groups in total. The zero-order valence-corrected chi connectivity index (χ0v) is 8.53. The molecule has 0 aromatic heterocycles. The van der Waals surface area contributed by atoms with Gasteiger partial charge in [0.15, 0.2) is 0 Å². The summed E-state index contributed by atoms with van der Waals surface area (Å²) in [7, 11) is 0. The van der Waals surface area contributed by atoms with E-state index in [-0.39, 0.29) is 0 Å². The van der Waals surface area contributed by atoms with Gasteiger partial charge in [-0.25, -0.2) is 0 Å². The summed E-state index contributed by atoms with van der Waals surface area (Å²) in [4.78, 5) is 1.33. The van der Waals surface area contributed by atoms with Crippen LogP contribution in [0.25, 0.3) is 0 Å². The van der Waals surface area contributed by atoms with E-state index in [2.05, 4.69) is 30.4 Å². The molecule has 1 aromatic rings. The van der Waals surface area contributed by atoms with E-state index < -0.39 is 0 Å². The zero-order chi connectivity index (χ0) is 9.26. The van der Waals surface area contributed by atoms with E-state index in [0.29, 0.717) is 12.6 Å². The lowest BCUT2D eigenvalue weighted by Gasteiger charge is -2.25. The third-order valence-electron chi connectivity index (χ3n) is 2.21. The topological polar surface area (TPSA) is 38.0 Å². The van der Waals surface area contributed by atoms with Gasteiger partial charge in [0.2, 0.25) is 0 Å². The minimum absolute atomic E-state index is 0.546. The Hall–Kier alpha value is -0.670. The summed E-state index contributed by atoms with van der Waals surface area (Å²) in [5, 5.41) is 3.48. The van der Waals surface area contributed by atoms with Gasteiger partial charge in [-0.05, 0) is 18.6 Å². The monoisotopic (exact) mass is 194 g/mol. The lowest BCUT2D eigenvalue weighted by atomic mass is 10.1. The molecule has 0 radical (unpaired) electrons. The standard InChI is InChI=1S/C10H14N2S/c1-7-6-13-9-4-2-3-8(5-11)10(9)12-7/h2-4,7,12H,5-6,11H2,1H3. The van der Waals surface area contributed by atoms with Crippen molar-refractivity contribution < 1.29 is 0 Å². The minimum Gasteiger partial charge on any atom is -0.381 e. The van der Waals surface area contributed by atoms with Crippen molar-refractivity contribution in [3.8, 4) is 0 Å². The summed E-state index contributed by atoms with van der Waals surface area (Å²) in [6.45, 7) is 2.81. The van der Waals surface area contributed by atoms with E-state index in [1.807, 2.05) is 11.8 Å². The first kappa shape index (κ1) is 8.91. The first-order valence-corrected chi connectivity index (χ1v) is 5.51. The number of rotatable bonds is 1. The molecule has 1 heterocycles. The average molecular weight is 194 g/mol. The van der Waals surface area contributed by atoms with Gasteiger partial charge in [-0.3, -0.25) is 0 Å². The molecule has 0 spiro atoms. The Morgan fingerprint density at radius 3 is 3.23 bits per heavy atom. The number of nitrogens with one attached hydrogen (secondary N) is 1. The molecule has 0 saturated heterocycles. The summed E-state index contributed by atoms with van der Waals surface area (Å²) < 4.78 is 0. The molecule has 0 bridgehead atoms. The lowest BCUT2D eigenvalue weighted by Crippen LogP contribution is -2.23. The molecule has 70 valence electrons. The molecule has 0 fully saturated rings. The lowest BCUT2D eigenvalue weighted by molar-refractivity contribution is 0.884. The van der Waals surface area contributed by atoms with Gasteiger partial charge in [-0.1, -0.05) is 12.1 Å². The Morgan fingerprint density at radius 2 is 2.46 bits per heavy atom. The molecule has 3 heteroatoms. The third kappa shape index (κ3) is 1.67. The quantitative estimate of drug-likeness (QED) is 0.718. The highest BCUT2D eigenvalue weighted by Gasteiger charge is 2.16. The second-order valence-corrected chi connectivity index (χ2v) is 4.41. The normalized spacial score (nSPS) is 20.6. The molecule has 2 nitrogen and oxygen atoms in total. The first-order valence-electron chi connectivity index (χ1n) is 4.52. The predicted molar refractivity (Wildman–Crippen MR) is 58.1 cm³/mol. The molecular weight excluding hydrogens is 180 g/mol. The predicted octanol–water partition coefficient (Wildman–Crippen LogP) is 2.05. The number of hydrogen-bond donors (Lipinski definition) is 2. The van der Waals surface area contributed by atoms with Gasteiger partial charge in [0.25, 0.3) is 0 Å². The van der Waals surface area contributed by atoms with E-state index in [9.17, 15) is 0 Å². The maximum Gasteiger partial charge on any atom is 0.0526 e. The summed E-state index contributed by atoms with van der Waals surface area (Å²) in [6, 6.07) is 6.86. The molecule has 0 aliphatic carbocycles. The fourth-order valence-electron chi connectivity index (χ4n) is 1.53. The highest BCUT2D eigenvalue weighted by atomic mass is 32.2. The van der Waals surface area contributed by atoms with Crippen LogP contribution < -0.4 is 11.1 Å². The number of hydrogen-bond acceptors (Lipinski definition) is 3. The van der Waals surface area contributed by atoms with Crippen LogP contribution in [0.15, 0.2) is 23.1 Å². The van der Waals surface area contributed by atoms with E-state index in [1.54, 1.807) is 0 Å². The smallest absolute Gasteiger partial charge is 0.0526 e. The fraction of sp³-hybridized carbons (Fsp3) is 0.400. The van der Waals surface area contributed by atoms with Crippen LogP contribution in [0.1, 0.15) is 12.5 Å². The van der Waals surface area contributed by atoms with Crippen molar-refractivity contribution in [3.63, 3.8) is 0 Å². The van der Waals surface area contributed by atoms with Crippen molar-refractivity contribution in [2.75, 3.05) is 11.1 Å². The van der Waals surface area contributed by atoms with Crippen LogP contribution in [0.2, 0.25) is 0 Å². The number of fused-ring (bicyclic) bond motifs is 1. The van der Waals surface area contributed by atoms with E-state index in [0.717, 1.165) is 5.75 Å². The molecule has 1 aliphatic rings. The molecule has 1 unspecified atom stereocenters. The number of para-hydroxylation sites is 1. The second kappa shape index (κ2) is 3.60. The summed E-state index contributed by atoms with van der Waals surface area (Å²) in [6.07, 6.45) is 0. The summed E-state index contributed by atoms with van der Waals surface area (Å²) in [5.74, 6) is 1.14. The van der Waals surface area contributed by atoms with Gasteiger partial charge in [-0.15, -0.1) is 11.8 Å². The van der Waals surface area contributed by atoms with Crippen LogP contribution in [-0.4, -0.2) is 11.8 Å². The maximum absolute atomic E-state index is 5.67. The van der Waals surface area contributed by atoms with Crippen LogP contribution in [0.5, 0.6) is 0 Å². The Kier molecular flexibility index (Phi) is 2.47. The van der Waals surface area contributed by atoms with Crippen LogP contribution in [-0.2, 0) is 6.54 Å². The Morgan fingerprint density at radius 1 is 1.62 bits per heavy atom. The third-order valence-corrected chi connectivity index (χ3v) is 3.53. The first-order chi connectivity index (χ1) is 6.31. The summed E-state index contributed by atoms with van der Waals surface area (Å²) in [5.41, 5.74) is 8.13. The van der Waals surface area contributed by atoms with Crippen LogP contribution in [0.4, 0.5) is 5.69 Å². The van der Waals surface area contributed by atoms with Crippen molar-refractivity contribution in [1.29, 1.82) is 0 Å². The molecule has 1 aromatic carbocycles. The van der Waals surface area contributed by atoms with Crippen molar-refractivity contribution in [1.82, 2.24) is 0 Å². The Bertz CT molecular complexity index is 298. The van der Waals surface area contributed by atoms with Crippen molar-refractivity contribution in [2.24, 2.45) is 5.73 Å². The molecule has 0 saturated carbocycles. The van der Waals surface area contributed by atoms with Crippen LogP contribution in [0, 0.1) is 0 Å². The zero-order valence-electron chi connectivity index (χ0n) is 7.71. The van der Waals surface area contributed by atoms with Gasteiger partial charge in [0, 0.05) is 23.2 Å². The maximum atomic E-state index is 5.67.